The fraction of sp³-hybridized carbons (Fsp3) is 0.900. The third-order valence-electron chi connectivity index (χ3n) is 1.57. The molecule has 0 aliphatic heterocycles. The van der Waals surface area contributed by atoms with Crippen LogP contribution in [0.4, 0.5) is 0 Å². The van der Waals surface area contributed by atoms with Crippen LogP contribution in [0.1, 0.15) is 34.6 Å². The summed E-state index contributed by atoms with van der Waals surface area (Å²) < 4.78 is 16.3. The minimum atomic E-state index is -1.57. The first-order valence-electron chi connectivity index (χ1n) is 5.01. The molecule has 0 amide bonds. The van der Waals surface area contributed by atoms with Gasteiger partial charge in [-0.2, -0.15) is 0 Å². The predicted octanol–water partition coefficient (Wildman–Crippen LogP) is 3.46. The molecule has 1 unspecified atom stereocenters. The lowest BCUT2D eigenvalue weighted by Crippen LogP contribution is -2.17. The van der Waals surface area contributed by atoms with Gasteiger partial charge in [0.1, 0.15) is 6.61 Å². The molecule has 0 bridgehead atoms. The molecule has 0 aliphatic rings. The van der Waals surface area contributed by atoms with Crippen molar-refractivity contribution in [3.8, 4) is 0 Å². The number of hydrogen-bond donors (Lipinski definition) is 0. The van der Waals surface area contributed by atoms with Gasteiger partial charge in [-0.1, -0.05) is 32.5 Å². The van der Waals surface area contributed by atoms with Crippen LogP contribution in [0.25, 0.3) is 0 Å². The van der Waals surface area contributed by atoms with Crippen LogP contribution in [0.15, 0.2) is 0 Å². The van der Waals surface area contributed by atoms with Crippen molar-refractivity contribution in [2.45, 2.75) is 40.3 Å². The Morgan fingerprint density at radius 2 is 1.93 bits per heavy atom. The normalized spacial score (nSPS) is 13.1. The zero-order valence-corrected chi connectivity index (χ0v) is 11.8. The Balaban J connectivity index is 3.65. The largest absolute Gasteiger partial charge is 0.510 e. The lowest BCUT2D eigenvalue weighted by molar-refractivity contribution is -0.117. The highest BCUT2D eigenvalue weighted by Crippen LogP contribution is 2.29. The van der Waals surface area contributed by atoms with E-state index in [1.54, 1.807) is 0 Å². The number of carbonyl (C=O) groups excluding carboxylic acids is 1. The fourth-order valence-electron chi connectivity index (χ4n) is 0.627. The molecule has 0 aromatic heterocycles. The van der Waals surface area contributed by atoms with Crippen LogP contribution in [-0.2, 0) is 13.9 Å². The fourth-order valence-corrected chi connectivity index (χ4v) is 2.11. The number of hydrogen-bond acceptors (Lipinski definition) is 4. The Hall–Kier alpha value is 0.0800. The summed E-state index contributed by atoms with van der Waals surface area (Å²) in [6.45, 7) is 9.74. The molecule has 0 N–H and O–H groups in total. The van der Waals surface area contributed by atoms with E-state index in [-0.39, 0.29) is 16.2 Å². The maximum absolute atomic E-state index is 11.5. The molecule has 0 aromatic rings. The maximum Gasteiger partial charge on any atom is 0.510 e. The van der Waals surface area contributed by atoms with Gasteiger partial charge in [0.25, 0.3) is 0 Å². The van der Waals surface area contributed by atoms with Crippen LogP contribution < -0.4 is 0 Å². The van der Waals surface area contributed by atoms with Gasteiger partial charge in [-0.15, -0.1) is 4.52 Å². The molecule has 88 valence electrons. The molecule has 0 heterocycles. The van der Waals surface area contributed by atoms with E-state index in [0.29, 0.717) is 12.4 Å². The van der Waals surface area contributed by atoms with E-state index in [1.807, 2.05) is 34.6 Å². The van der Waals surface area contributed by atoms with Gasteiger partial charge in [-0.25, -0.2) is 0 Å². The lowest BCUT2D eigenvalue weighted by Gasteiger charge is -2.14. The van der Waals surface area contributed by atoms with Gasteiger partial charge in [0.15, 0.2) is 10.8 Å². The second-order valence-electron chi connectivity index (χ2n) is 4.60. The third kappa shape index (κ3) is 7.04. The first-order chi connectivity index (χ1) is 6.75. The second-order valence-corrected chi connectivity index (χ2v) is 7.53. The molecule has 0 aliphatic carbocycles. The van der Waals surface area contributed by atoms with Crippen molar-refractivity contribution >= 4 is 24.9 Å². The first-order valence-corrected chi connectivity index (χ1v) is 7.25. The molecule has 5 heteroatoms. The van der Waals surface area contributed by atoms with E-state index in [1.165, 1.54) is 11.8 Å². The van der Waals surface area contributed by atoms with Gasteiger partial charge in [0, 0.05) is 11.2 Å². The molecular formula is C10H20O3PS+. The highest BCUT2D eigenvalue weighted by Gasteiger charge is 2.24. The summed E-state index contributed by atoms with van der Waals surface area (Å²) in [5.74, 6) is 0.573. The molecule has 0 aromatic carbocycles. The van der Waals surface area contributed by atoms with E-state index in [0.717, 1.165) is 0 Å². The zero-order chi connectivity index (χ0) is 12.1. The van der Waals surface area contributed by atoms with Crippen LogP contribution >= 0.6 is 19.8 Å². The molecule has 0 radical (unpaired) electrons. The van der Waals surface area contributed by atoms with E-state index >= 15 is 0 Å². The Labute approximate surface area is 97.2 Å². The second kappa shape index (κ2) is 6.62. The third-order valence-corrected chi connectivity index (χ3v) is 4.09. The number of carbonyl (C=O) groups is 1. The van der Waals surface area contributed by atoms with Gasteiger partial charge in [-0.05, 0) is 18.4 Å². The highest BCUT2D eigenvalue weighted by atomic mass is 32.2. The number of thioether (sulfide) groups is 1. The average Bonchev–Trinajstić information content (AvgIpc) is 2.09. The van der Waals surface area contributed by atoms with E-state index in [9.17, 15) is 9.36 Å². The van der Waals surface area contributed by atoms with E-state index in [4.69, 9.17) is 4.52 Å². The average molecular weight is 251 g/mol. The first kappa shape index (κ1) is 15.1. The van der Waals surface area contributed by atoms with Crippen LogP contribution in [-0.4, -0.2) is 23.1 Å². The van der Waals surface area contributed by atoms with Crippen LogP contribution in [0.2, 0.25) is 0 Å². The van der Waals surface area contributed by atoms with Crippen molar-refractivity contribution in [3.63, 3.8) is 0 Å². The molecule has 3 nitrogen and oxygen atoms in total. The molecular weight excluding hydrogens is 231 g/mol. The predicted molar refractivity (Wildman–Crippen MR) is 65.6 cm³/mol. The van der Waals surface area contributed by atoms with Crippen molar-refractivity contribution < 1.29 is 13.9 Å². The summed E-state index contributed by atoms with van der Waals surface area (Å²) in [6.07, 6.45) is 0. The van der Waals surface area contributed by atoms with E-state index in [2.05, 4.69) is 0 Å². The SMILES string of the molecule is CC(C)[P+](=O)OCCSC(=O)C(C)(C)C. The Morgan fingerprint density at radius 1 is 1.40 bits per heavy atom. The lowest BCUT2D eigenvalue weighted by atomic mass is 10.00. The van der Waals surface area contributed by atoms with Crippen LogP contribution in [0.3, 0.4) is 0 Å². The van der Waals surface area contributed by atoms with Gasteiger partial charge < -0.3 is 0 Å². The standard InChI is InChI=1S/C10H20O3PS/c1-8(2)14(12)13-6-7-15-9(11)10(3,4)5/h8H,6-7H2,1-5H3/q+1. The minimum absolute atomic E-state index is 0.0447. The van der Waals surface area contributed by atoms with Crippen molar-refractivity contribution in [3.05, 3.63) is 0 Å². The van der Waals surface area contributed by atoms with Crippen molar-refractivity contribution in [1.82, 2.24) is 0 Å². The maximum atomic E-state index is 11.5. The summed E-state index contributed by atoms with van der Waals surface area (Å²) in [4.78, 5) is 11.5. The Bertz CT molecular complexity index is 233. The molecule has 15 heavy (non-hydrogen) atoms. The number of rotatable bonds is 5. The van der Waals surface area contributed by atoms with Crippen LogP contribution in [0.5, 0.6) is 0 Å². The van der Waals surface area contributed by atoms with Crippen LogP contribution in [0, 0.1) is 5.41 Å². The van der Waals surface area contributed by atoms with Crippen molar-refractivity contribution in [2.24, 2.45) is 5.41 Å². The van der Waals surface area contributed by atoms with Gasteiger partial charge in [0.05, 0.1) is 0 Å². The molecule has 0 rings (SSSR count). The summed E-state index contributed by atoms with van der Waals surface area (Å²) in [5, 5.41) is 0.144. The highest BCUT2D eigenvalue weighted by molar-refractivity contribution is 8.13. The van der Waals surface area contributed by atoms with Gasteiger partial charge in [-0.3, -0.25) is 4.79 Å². The monoisotopic (exact) mass is 251 g/mol. The quantitative estimate of drug-likeness (QED) is 0.554. The molecule has 1 atom stereocenters. The molecule has 0 fully saturated rings. The summed E-state index contributed by atoms with van der Waals surface area (Å²) in [5.41, 5.74) is -0.270. The van der Waals surface area contributed by atoms with Crippen molar-refractivity contribution in [1.29, 1.82) is 0 Å². The smallest absolute Gasteiger partial charge is 0.287 e. The molecule has 0 saturated carbocycles. The zero-order valence-electron chi connectivity index (χ0n) is 10.1. The molecule has 0 saturated heterocycles. The van der Waals surface area contributed by atoms with E-state index < -0.39 is 8.03 Å². The minimum Gasteiger partial charge on any atom is -0.287 e. The molecule has 0 spiro atoms. The Morgan fingerprint density at radius 3 is 2.33 bits per heavy atom. The summed E-state index contributed by atoms with van der Waals surface area (Å²) in [6, 6.07) is 0. The Kier molecular flexibility index (Phi) is 6.65. The topological polar surface area (TPSA) is 43.4 Å². The van der Waals surface area contributed by atoms with Crippen molar-refractivity contribution in [2.75, 3.05) is 12.4 Å². The summed E-state index contributed by atoms with van der Waals surface area (Å²) in [7, 11) is -1.57. The summed E-state index contributed by atoms with van der Waals surface area (Å²) >= 11 is 1.24. The van der Waals surface area contributed by atoms with Gasteiger partial charge >= 0.3 is 8.03 Å². The van der Waals surface area contributed by atoms with Gasteiger partial charge in [0.2, 0.25) is 0 Å².